The van der Waals surface area contributed by atoms with Gasteiger partial charge in [-0.3, -0.25) is 9.59 Å². The van der Waals surface area contributed by atoms with E-state index in [1.54, 1.807) is 25.1 Å². The summed E-state index contributed by atoms with van der Waals surface area (Å²) in [4.78, 5) is 36.4. The van der Waals surface area contributed by atoms with Crippen LogP contribution in [0, 0.1) is 5.92 Å². The maximum atomic E-state index is 12.7. The number of esters is 1. The van der Waals surface area contributed by atoms with Crippen molar-refractivity contribution in [2.24, 2.45) is 5.92 Å². The molecule has 0 radical (unpaired) electrons. The second-order valence-corrected chi connectivity index (χ2v) is 5.68. The number of anilines is 1. The SMILES string of the molecule is COC(=O)C1=C(C)NC(=O)C[C@H]1C(=O)Nc1ccc2c(c1)OCCO2. The van der Waals surface area contributed by atoms with Gasteiger partial charge in [0.2, 0.25) is 11.8 Å². The number of benzene rings is 1. The van der Waals surface area contributed by atoms with Crippen molar-refractivity contribution < 1.29 is 28.6 Å². The van der Waals surface area contributed by atoms with Crippen LogP contribution < -0.4 is 20.1 Å². The maximum absolute atomic E-state index is 12.7. The van der Waals surface area contributed by atoms with Gasteiger partial charge in [-0.05, 0) is 19.1 Å². The van der Waals surface area contributed by atoms with Crippen LogP contribution >= 0.6 is 0 Å². The molecule has 0 fully saturated rings. The molecule has 3 rings (SSSR count). The Labute approximate surface area is 144 Å². The molecular formula is C17H18N2O6. The minimum absolute atomic E-state index is 0.127. The number of fused-ring (bicyclic) bond motifs is 1. The topological polar surface area (TPSA) is 103 Å². The van der Waals surface area contributed by atoms with E-state index >= 15 is 0 Å². The minimum atomic E-state index is -0.922. The van der Waals surface area contributed by atoms with Crippen LogP contribution in [0.4, 0.5) is 5.69 Å². The summed E-state index contributed by atoms with van der Waals surface area (Å²) >= 11 is 0. The highest BCUT2D eigenvalue weighted by Gasteiger charge is 2.36. The fourth-order valence-corrected chi connectivity index (χ4v) is 2.86. The molecule has 0 bridgehead atoms. The number of methoxy groups -OCH3 is 1. The zero-order chi connectivity index (χ0) is 18.0. The van der Waals surface area contributed by atoms with Gasteiger partial charge in [0.15, 0.2) is 11.5 Å². The molecule has 0 aromatic heterocycles. The summed E-state index contributed by atoms with van der Waals surface area (Å²) in [5, 5.41) is 5.27. The Morgan fingerprint density at radius 3 is 2.68 bits per heavy atom. The van der Waals surface area contributed by atoms with Gasteiger partial charge in [0.25, 0.3) is 0 Å². The van der Waals surface area contributed by atoms with E-state index in [0.717, 1.165) is 0 Å². The van der Waals surface area contributed by atoms with Gasteiger partial charge in [-0.25, -0.2) is 4.79 Å². The van der Waals surface area contributed by atoms with Gasteiger partial charge in [-0.1, -0.05) is 0 Å². The number of allylic oxidation sites excluding steroid dienone is 1. The van der Waals surface area contributed by atoms with Crippen molar-refractivity contribution in [1.82, 2.24) is 5.32 Å². The van der Waals surface area contributed by atoms with Gasteiger partial charge in [0, 0.05) is 23.9 Å². The first kappa shape index (κ1) is 16.8. The Morgan fingerprint density at radius 2 is 1.96 bits per heavy atom. The summed E-state index contributed by atoms with van der Waals surface area (Å²) in [5.41, 5.74) is 0.963. The number of carbonyl (C=O) groups is 3. The third-order valence-electron chi connectivity index (χ3n) is 4.00. The summed E-state index contributed by atoms with van der Waals surface area (Å²) in [6.07, 6.45) is -0.127. The molecule has 1 atom stereocenters. The third kappa shape index (κ3) is 3.42. The van der Waals surface area contributed by atoms with Crippen LogP contribution in [0.1, 0.15) is 13.3 Å². The molecule has 2 N–H and O–H groups in total. The summed E-state index contributed by atoms with van der Waals surface area (Å²) in [7, 11) is 1.23. The fourth-order valence-electron chi connectivity index (χ4n) is 2.86. The fraction of sp³-hybridized carbons (Fsp3) is 0.353. The van der Waals surface area contributed by atoms with Gasteiger partial charge in [-0.15, -0.1) is 0 Å². The molecule has 2 aliphatic heterocycles. The Morgan fingerprint density at radius 1 is 1.24 bits per heavy atom. The molecule has 8 heteroatoms. The van der Waals surface area contributed by atoms with Crippen LogP contribution in [0.25, 0.3) is 0 Å². The van der Waals surface area contributed by atoms with Crippen LogP contribution in [-0.2, 0) is 19.1 Å². The van der Waals surface area contributed by atoms with E-state index in [4.69, 9.17) is 14.2 Å². The van der Waals surface area contributed by atoms with Gasteiger partial charge in [-0.2, -0.15) is 0 Å². The number of hydrogen-bond donors (Lipinski definition) is 2. The van der Waals surface area contributed by atoms with E-state index in [0.29, 0.717) is 36.1 Å². The molecule has 2 aliphatic rings. The zero-order valence-electron chi connectivity index (χ0n) is 13.9. The smallest absolute Gasteiger partial charge is 0.336 e. The lowest BCUT2D eigenvalue weighted by Crippen LogP contribution is -2.40. The molecule has 8 nitrogen and oxygen atoms in total. The number of ether oxygens (including phenoxy) is 3. The van der Waals surface area contributed by atoms with Crippen molar-refractivity contribution in [3.05, 3.63) is 29.5 Å². The second kappa shape index (κ2) is 6.84. The zero-order valence-corrected chi connectivity index (χ0v) is 13.9. The first-order chi connectivity index (χ1) is 12.0. The number of rotatable bonds is 3. The molecule has 0 spiro atoms. The lowest BCUT2D eigenvalue weighted by atomic mass is 9.89. The predicted octanol–water partition coefficient (Wildman–Crippen LogP) is 0.979. The molecular weight excluding hydrogens is 328 g/mol. The molecule has 0 saturated heterocycles. The van der Waals surface area contributed by atoms with E-state index < -0.39 is 17.8 Å². The highest BCUT2D eigenvalue weighted by Crippen LogP contribution is 2.33. The summed E-state index contributed by atoms with van der Waals surface area (Å²) in [6.45, 7) is 2.47. The standard InChI is InChI=1S/C17H18N2O6/c1-9-15(17(22)23-2)11(8-14(20)18-9)16(21)19-10-3-4-12-13(7-10)25-6-5-24-12/h3-4,7,11H,5-6,8H2,1-2H3,(H,18,20)(H,19,21)/t11-/m1/s1. The molecule has 2 heterocycles. The molecule has 2 amide bonds. The second-order valence-electron chi connectivity index (χ2n) is 5.68. The third-order valence-corrected chi connectivity index (χ3v) is 4.00. The Bertz CT molecular complexity index is 770. The Balaban J connectivity index is 1.83. The van der Waals surface area contributed by atoms with Crippen molar-refractivity contribution in [1.29, 1.82) is 0 Å². The van der Waals surface area contributed by atoms with Crippen molar-refractivity contribution in [2.45, 2.75) is 13.3 Å². The van der Waals surface area contributed by atoms with Gasteiger partial charge < -0.3 is 24.8 Å². The summed E-state index contributed by atoms with van der Waals surface area (Å²) in [6, 6.07) is 5.01. The minimum Gasteiger partial charge on any atom is -0.486 e. The van der Waals surface area contributed by atoms with Crippen molar-refractivity contribution in [3.63, 3.8) is 0 Å². The van der Waals surface area contributed by atoms with E-state index in [1.165, 1.54) is 7.11 Å². The number of amides is 2. The van der Waals surface area contributed by atoms with Crippen molar-refractivity contribution in [3.8, 4) is 11.5 Å². The van der Waals surface area contributed by atoms with E-state index in [1.807, 2.05) is 0 Å². The molecule has 0 unspecified atom stereocenters. The largest absolute Gasteiger partial charge is 0.486 e. The summed E-state index contributed by atoms with van der Waals surface area (Å²) < 4.78 is 15.6. The van der Waals surface area contributed by atoms with Crippen LogP contribution in [-0.4, -0.2) is 38.1 Å². The molecule has 1 aromatic rings. The molecule has 132 valence electrons. The van der Waals surface area contributed by atoms with Crippen LogP contribution in [0.15, 0.2) is 29.5 Å². The van der Waals surface area contributed by atoms with Crippen LogP contribution in [0.5, 0.6) is 11.5 Å². The summed E-state index contributed by atoms with van der Waals surface area (Å²) in [5.74, 6) is -1.22. The predicted molar refractivity (Wildman–Crippen MR) is 87.0 cm³/mol. The monoisotopic (exact) mass is 346 g/mol. The molecule has 0 saturated carbocycles. The van der Waals surface area contributed by atoms with Gasteiger partial charge >= 0.3 is 5.97 Å². The lowest BCUT2D eigenvalue weighted by Gasteiger charge is -2.25. The molecule has 1 aromatic carbocycles. The average Bonchev–Trinajstić information content (AvgIpc) is 2.60. The number of hydrogen-bond acceptors (Lipinski definition) is 6. The lowest BCUT2D eigenvalue weighted by molar-refractivity contribution is -0.139. The van der Waals surface area contributed by atoms with Gasteiger partial charge in [0.05, 0.1) is 18.6 Å². The highest BCUT2D eigenvalue weighted by molar-refractivity contribution is 6.06. The first-order valence-corrected chi connectivity index (χ1v) is 7.79. The highest BCUT2D eigenvalue weighted by atomic mass is 16.6. The average molecular weight is 346 g/mol. The van der Waals surface area contributed by atoms with E-state index in [-0.39, 0.29) is 17.9 Å². The number of nitrogens with one attached hydrogen (secondary N) is 2. The van der Waals surface area contributed by atoms with E-state index in [2.05, 4.69) is 10.6 Å². The van der Waals surface area contributed by atoms with Crippen molar-refractivity contribution in [2.75, 3.05) is 25.6 Å². The van der Waals surface area contributed by atoms with Gasteiger partial charge in [0.1, 0.15) is 13.2 Å². The Kier molecular flexibility index (Phi) is 4.60. The van der Waals surface area contributed by atoms with E-state index in [9.17, 15) is 14.4 Å². The van der Waals surface area contributed by atoms with Crippen molar-refractivity contribution >= 4 is 23.5 Å². The van der Waals surface area contributed by atoms with Crippen LogP contribution in [0.3, 0.4) is 0 Å². The molecule has 0 aliphatic carbocycles. The normalized spacial score (nSPS) is 19.1. The Hall–Kier alpha value is -3.03. The quantitative estimate of drug-likeness (QED) is 0.791. The first-order valence-electron chi connectivity index (χ1n) is 7.79. The maximum Gasteiger partial charge on any atom is 0.336 e. The number of carbonyl (C=O) groups excluding carboxylic acids is 3. The molecule has 25 heavy (non-hydrogen) atoms. The van der Waals surface area contributed by atoms with Crippen LogP contribution in [0.2, 0.25) is 0 Å².